The molecule has 0 aliphatic carbocycles. The lowest BCUT2D eigenvalue weighted by molar-refractivity contribution is -0.129. The predicted molar refractivity (Wildman–Crippen MR) is 77.5 cm³/mol. The molecule has 0 unspecified atom stereocenters. The van der Waals surface area contributed by atoms with Gasteiger partial charge in [-0.3, -0.25) is 9.48 Å². The zero-order valence-electron chi connectivity index (χ0n) is 11.0. The summed E-state index contributed by atoms with van der Waals surface area (Å²) in [6.45, 7) is 0.587. The molecule has 0 atom stereocenters. The number of hydrogen-bond donors (Lipinski definition) is 0. The van der Waals surface area contributed by atoms with Gasteiger partial charge in [-0.25, -0.2) is 0 Å². The minimum absolute atomic E-state index is 0.103. The smallest absolute Gasteiger partial charge is 0.227 e. The van der Waals surface area contributed by atoms with Crippen LogP contribution in [0.4, 0.5) is 0 Å². The van der Waals surface area contributed by atoms with Crippen LogP contribution in [0.25, 0.3) is 0 Å². The van der Waals surface area contributed by atoms with Gasteiger partial charge in [0, 0.05) is 36.9 Å². The molecule has 2 rings (SSSR count). The SMILES string of the molecule is CN(Cc1cnn(C)c1)C(=O)Cc1ccc(Br)cc1. The Bertz CT molecular complexity index is 562. The van der Waals surface area contributed by atoms with Gasteiger partial charge in [0.15, 0.2) is 0 Å². The largest absolute Gasteiger partial charge is 0.341 e. The molecular formula is C14H16BrN3O. The Labute approximate surface area is 121 Å². The summed E-state index contributed by atoms with van der Waals surface area (Å²) in [5, 5.41) is 4.10. The first kappa shape index (κ1) is 13.8. The second kappa shape index (κ2) is 6.02. The molecule has 0 fully saturated rings. The quantitative estimate of drug-likeness (QED) is 0.867. The van der Waals surface area contributed by atoms with Crippen LogP contribution < -0.4 is 0 Å². The van der Waals surface area contributed by atoms with Crippen LogP contribution in [0.1, 0.15) is 11.1 Å². The van der Waals surface area contributed by atoms with Gasteiger partial charge in [-0.2, -0.15) is 5.10 Å². The lowest BCUT2D eigenvalue weighted by Crippen LogP contribution is -2.27. The fraction of sp³-hybridized carbons (Fsp3) is 0.286. The number of amides is 1. The van der Waals surface area contributed by atoms with Gasteiger partial charge in [0.05, 0.1) is 12.6 Å². The minimum atomic E-state index is 0.103. The number of carbonyl (C=O) groups excluding carboxylic acids is 1. The van der Waals surface area contributed by atoms with E-state index < -0.39 is 0 Å². The Hall–Kier alpha value is -1.62. The van der Waals surface area contributed by atoms with Crippen LogP contribution in [0, 0.1) is 0 Å². The monoisotopic (exact) mass is 321 g/mol. The highest BCUT2D eigenvalue weighted by Crippen LogP contribution is 2.12. The van der Waals surface area contributed by atoms with Crippen molar-refractivity contribution in [2.24, 2.45) is 7.05 Å². The van der Waals surface area contributed by atoms with Gasteiger partial charge < -0.3 is 4.90 Å². The second-order valence-corrected chi connectivity index (χ2v) is 5.49. The number of rotatable bonds is 4. The molecular weight excluding hydrogens is 306 g/mol. The van der Waals surface area contributed by atoms with Crippen LogP contribution in [0.2, 0.25) is 0 Å². The van der Waals surface area contributed by atoms with Gasteiger partial charge in [-0.15, -0.1) is 0 Å². The molecule has 0 saturated heterocycles. The van der Waals surface area contributed by atoms with Crippen molar-refractivity contribution < 1.29 is 4.79 Å². The molecule has 0 bridgehead atoms. The average molecular weight is 322 g/mol. The predicted octanol–water partition coefficient (Wildman–Crippen LogP) is 2.38. The lowest BCUT2D eigenvalue weighted by Gasteiger charge is -2.16. The highest BCUT2D eigenvalue weighted by molar-refractivity contribution is 9.10. The topological polar surface area (TPSA) is 38.1 Å². The van der Waals surface area contributed by atoms with Crippen molar-refractivity contribution in [3.63, 3.8) is 0 Å². The number of hydrogen-bond acceptors (Lipinski definition) is 2. The third-order valence-electron chi connectivity index (χ3n) is 2.87. The maximum Gasteiger partial charge on any atom is 0.227 e. The summed E-state index contributed by atoms with van der Waals surface area (Å²) in [7, 11) is 3.68. The number of aromatic nitrogens is 2. The van der Waals surface area contributed by atoms with E-state index in [0.717, 1.165) is 15.6 Å². The van der Waals surface area contributed by atoms with E-state index in [1.807, 2.05) is 44.6 Å². The Morgan fingerprint density at radius 1 is 1.32 bits per heavy atom. The highest BCUT2D eigenvalue weighted by Gasteiger charge is 2.10. The van der Waals surface area contributed by atoms with E-state index in [0.29, 0.717) is 13.0 Å². The van der Waals surface area contributed by atoms with Crippen LogP contribution in [-0.2, 0) is 24.8 Å². The normalized spacial score (nSPS) is 10.5. The van der Waals surface area contributed by atoms with E-state index in [1.54, 1.807) is 15.8 Å². The highest BCUT2D eigenvalue weighted by atomic mass is 79.9. The minimum Gasteiger partial charge on any atom is -0.341 e. The molecule has 100 valence electrons. The summed E-state index contributed by atoms with van der Waals surface area (Å²) in [6, 6.07) is 7.81. The fourth-order valence-corrected chi connectivity index (χ4v) is 2.09. The van der Waals surface area contributed by atoms with E-state index in [4.69, 9.17) is 0 Å². The van der Waals surface area contributed by atoms with E-state index in [9.17, 15) is 4.79 Å². The van der Waals surface area contributed by atoms with Crippen molar-refractivity contribution in [2.45, 2.75) is 13.0 Å². The molecule has 1 aromatic heterocycles. The molecule has 0 aliphatic heterocycles. The van der Waals surface area contributed by atoms with Gasteiger partial charge in [-0.1, -0.05) is 28.1 Å². The molecule has 1 amide bonds. The van der Waals surface area contributed by atoms with Crippen molar-refractivity contribution in [3.8, 4) is 0 Å². The van der Waals surface area contributed by atoms with E-state index >= 15 is 0 Å². The maximum absolute atomic E-state index is 12.1. The molecule has 1 heterocycles. The molecule has 0 N–H and O–H groups in total. The second-order valence-electron chi connectivity index (χ2n) is 4.58. The van der Waals surface area contributed by atoms with Crippen LogP contribution >= 0.6 is 15.9 Å². The summed E-state index contributed by atoms with van der Waals surface area (Å²) in [6.07, 6.45) is 4.12. The lowest BCUT2D eigenvalue weighted by atomic mass is 10.1. The number of aryl methyl sites for hydroxylation is 1. The number of likely N-dealkylation sites (N-methyl/N-ethyl adjacent to an activating group) is 1. The molecule has 0 aliphatic rings. The average Bonchev–Trinajstić information content (AvgIpc) is 2.77. The molecule has 4 nitrogen and oxygen atoms in total. The summed E-state index contributed by atoms with van der Waals surface area (Å²) < 4.78 is 2.76. The molecule has 1 aromatic carbocycles. The number of nitrogens with zero attached hydrogens (tertiary/aromatic N) is 3. The van der Waals surface area contributed by atoms with E-state index in [1.165, 1.54) is 0 Å². The van der Waals surface area contributed by atoms with Crippen molar-refractivity contribution in [2.75, 3.05) is 7.05 Å². The standard InChI is InChI=1S/C14H16BrN3O/c1-17(9-12-8-16-18(2)10-12)14(19)7-11-3-5-13(15)6-4-11/h3-6,8,10H,7,9H2,1-2H3. The van der Waals surface area contributed by atoms with Crippen LogP contribution in [0.15, 0.2) is 41.1 Å². The van der Waals surface area contributed by atoms with Crippen molar-refractivity contribution in [3.05, 3.63) is 52.3 Å². The number of benzene rings is 1. The Balaban J connectivity index is 1.94. The van der Waals surface area contributed by atoms with Gasteiger partial charge in [0.1, 0.15) is 0 Å². The maximum atomic E-state index is 12.1. The van der Waals surface area contributed by atoms with Crippen LogP contribution in [-0.4, -0.2) is 27.6 Å². The van der Waals surface area contributed by atoms with E-state index in [-0.39, 0.29) is 5.91 Å². The third-order valence-corrected chi connectivity index (χ3v) is 3.40. The van der Waals surface area contributed by atoms with Crippen LogP contribution in [0.5, 0.6) is 0 Å². The molecule has 0 spiro atoms. The van der Waals surface area contributed by atoms with Gasteiger partial charge >= 0.3 is 0 Å². The summed E-state index contributed by atoms with van der Waals surface area (Å²) in [5.41, 5.74) is 2.06. The third kappa shape index (κ3) is 3.92. The van der Waals surface area contributed by atoms with Gasteiger partial charge in [0.25, 0.3) is 0 Å². The Morgan fingerprint density at radius 2 is 2.00 bits per heavy atom. The van der Waals surface area contributed by atoms with Crippen molar-refractivity contribution in [1.29, 1.82) is 0 Å². The summed E-state index contributed by atoms with van der Waals surface area (Å²) in [5.74, 6) is 0.103. The molecule has 19 heavy (non-hydrogen) atoms. The van der Waals surface area contributed by atoms with Crippen molar-refractivity contribution in [1.82, 2.24) is 14.7 Å². The van der Waals surface area contributed by atoms with Crippen molar-refractivity contribution >= 4 is 21.8 Å². The fourth-order valence-electron chi connectivity index (χ4n) is 1.83. The van der Waals surface area contributed by atoms with Crippen LogP contribution in [0.3, 0.4) is 0 Å². The number of carbonyl (C=O) groups is 1. The molecule has 0 saturated carbocycles. The summed E-state index contributed by atoms with van der Waals surface area (Å²) >= 11 is 3.38. The Morgan fingerprint density at radius 3 is 2.58 bits per heavy atom. The number of halogens is 1. The summed E-state index contributed by atoms with van der Waals surface area (Å²) in [4.78, 5) is 13.8. The van der Waals surface area contributed by atoms with E-state index in [2.05, 4.69) is 21.0 Å². The zero-order chi connectivity index (χ0) is 13.8. The molecule has 2 aromatic rings. The van der Waals surface area contributed by atoms with Gasteiger partial charge in [0.2, 0.25) is 5.91 Å². The Kier molecular flexibility index (Phi) is 4.37. The zero-order valence-corrected chi connectivity index (χ0v) is 12.6. The first-order valence-electron chi connectivity index (χ1n) is 6.00. The molecule has 5 heteroatoms. The first-order chi connectivity index (χ1) is 9.04. The van der Waals surface area contributed by atoms with Gasteiger partial charge in [-0.05, 0) is 17.7 Å². The molecule has 0 radical (unpaired) electrons. The first-order valence-corrected chi connectivity index (χ1v) is 6.80.